The second kappa shape index (κ2) is 12.6. The molecule has 7 nitrogen and oxygen atoms in total. The summed E-state index contributed by atoms with van der Waals surface area (Å²) in [5.41, 5.74) is 1.44. The molecule has 0 radical (unpaired) electrons. The SMILES string of the molecule is COCCCC1Oc2ccc(OC3CCCCC3)cc2C(O)C1C1COc2ccc(OC3CCCC3)cc2C1O. The van der Waals surface area contributed by atoms with Crippen LogP contribution in [0.1, 0.15) is 94.0 Å². The summed E-state index contributed by atoms with van der Waals surface area (Å²) >= 11 is 0. The molecule has 5 unspecified atom stereocenters. The van der Waals surface area contributed by atoms with Gasteiger partial charge in [-0.3, -0.25) is 0 Å². The Morgan fingerprint density at radius 1 is 0.775 bits per heavy atom. The van der Waals surface area contributed by atoms with E-state index in [0.29, 0.717) is 31.1 Å². The van der Waals surface area contributed by atoms with Crippen LogP contribution in [0.25, 0.3) is 0 Å². The zero-order valence-corrected chi connectivity index (χ0v) is 23.6. The van der Waals surface area contributed by atoms with Crippen LogP contribution in [-0.4, -0.2) is 48.8 Å². The molecule has 0 bridgehead atoms. The predicted octanol–water partition coefficient (Wildman–Crippen LogP) is 6.30. The van der Waals surface area contributed by atoms with Gasteiger partial charge in [-0.2, -0.15) is 0 Å². The fourth-order valence-corrected chi connectivity index (χ4v) is 7.15. The lowest BCUT2D eigenvalue weighted by Crippen LogP contribution is -2.46. The Kier molecular flexibility index (Phi) is 8.70. The third-order valence-corrected chi connectivity index (χ3v) is 9.30. The Morgan fingerprint density at radius 2 is 1.38 bits per heavy atom. The van der Waals surface area contributed by atoms with Gasteiger partial charge in [-0.25, -0.2) is 0 Å². The van der Waals surface area contributed by atoms with Crippen LogP contribution in [0.15, 0.2) is 36.4 Å². The number of hydrogen-bond donors (Lipinski definition) is 2. The van der Waals surface area contributed by atoms with E-state index in [2.05, 4.69) is 0 Å². The first kappa shape index (κ1) is 27.7. The van der Waals surface area contributed by atoms with Gasteiger partial charge in [-0.1, -0.05) is 6.42 Å². The quantitative estimate of drug-likeness (QED) is 0.353. The highest BCUT2D eigenvalue weighted by molar-refractivity contribution is 5.46. The maximum absolute atomic E-state index is 11.9. The largest absolute Gasteiger partial charge is 0.493 e. The molecule has 2 saturated carbocycles. The zero-order valence-electron chi connectivity index (χ0n) is 23.6. The topological polar surface area (TPSA) is 86.6 Å². The molecule has 2 aliphatic heterocycles. The molecule has 5 atom stereocenters. The van der Waals surface area contributed by atoms with Crippen LogP contribution in [0.5, 0.6) is 23.0 Å². The molecule has 7 heteroatoms. The number of hydrogen-bond acceptors (Lipinski definition) is 7. The van der Waals surface area contributed by atoms with E-state index in [4.69, 9.17) is 23.7 Å². The highest BCUT2D eigenvalue weighted by Crippen LogP contribution is 2.50. The van der Waals surface area contributed by atoms with Crippen molar-refractivity contribution in [1.82, 2.24) is 0 Å². The normalized spacial score (nSPS) is 28.7. The second-order valence-electron chi connectivity index (χ2n) is 12.0. The number of benzene rings is 2. The van der Waals surface area contributed by atoms with E-state index in [1.165, 1.54) is 32.1 Å². The molecule has 2 aromatic carbocycles. The zero-order chi connectivity index (χ0) is 27.5. The first-order valence-corrected chi connectivity index (χ1v) is 15.4. The smallest absolute Gasteiger partial charge is 0.125 e. The minimum Gasteiger partial charge on any atom is -0.493 e. The fraction of sp³-hybridized carbons (Fsp3) is 0.636. The van der Waals surface area contributed by atoms with Crippen molar-refractivity contribution in [2.45, 2.75) is 101 Å². The summed E-state index contributed by atoms with van der Waals surface area (Å²) in [6.07, 6.45) is 10.4. The number of ether oxygens (including phenoxy) is 5. The van der Waals surface area contributed by atoms with Crippen LogP contribution in [0, 0.1) is 11.8 Å². The molecular weight excluding hydrogens is 508 g/mol. The van der Waals surface area contributed by atoms with Gasteiger partial charge in [-0.05, 0) is 101 Å². The van der Waals surface area contributed by atoms with Crippen LogP contribution in [-0.2, 0) is 4.74 Å². The summed E-state index contributed by atoms with van der Waals surface area (Å²) in [5.74, 6) is 2.17. The van der Waals surface area contributed by atoms with Crippen LogP contribution in [0.4, 0.5) is 0 Å². The lowest BCUT2D eigenvalue weighted by molar-refractivity contribution is -0.0888. The molecular formula is C33H44O7. The first-order valence-electron chi connectivity index (χ1n) is 15.4. The molecule has 0 aromatic heterocycles. The summed E-state index contributed by atoms with van der Waals surface area (Å²) in [6, 6.07) is 11.6. The van der Waals surface area contributed by atoms with Gasteiger partial charge < -0.3 is 33.9 Å². The van der Waals surface area contributed by atoms with Crippen molar-refractivity contribution >= 4 is 0 Å². The molecule has 0 spiro atoms. The van der Waals surface area contributed by atoms with Gasteiger partial charge in [0.1, 0.15) is 29.1 Å². The van der Waals surface area contributed by atoms with E-state index in [0.717, 1.165) is 54.7 Å². The minimum absolute atomic E-state index is 0.219. The summed E-state index contributed by atoms with van der Waals surface area (Å²) < 4.78 is 30.6. The van der Waals surface area contributed by atoms with Crippen molar-refractivity contribution < 1.29 is 33.9 Å². The molecule has 2 fully saturated rings. The molecule has 2 N–H and O–H groups in total. The third-order valence-electron chi connectivity index (χ3n) is 9.30. The monoisotopic (exact) mass is 552 g/mol. The molecule has 0 saturated heterocycles. The molecule has 40 heavy (non-hydrogen) atoms. The van der Waals surface area contributed by atoms with Gasteiger partial charge in [0.2, 0.25) is 0 Å². The Morgan fingerprint density at radius 3 is 2.02 bits per heavy atom. The summed E-state index contributed by atoms with van der Waals surface area (Å²) in [4.78, 5) is 0. The van der Waals surface area contributed by atoms with Gasteiger partial charge in [-0.15, -0.1) is 0 Å². The van der Waals surface area contributed by atoms with Gasteiger partial charge in [0, 0.05) is 36.7 Å². The molecule has 2 aromatic rings. The number of aliphatic hydroxyl groups excluding tert-OH is 2. The Hall–Kier alpha value is -2.48. The van der Waals surface area contributed by atoms with E-state index in [-0.39, 0.29) is 30.1 Å². The highest BCUT2D eigenvalue weighted by atomic mass is 16.5. The lowest BCUT2D eigenvalue weighted by Gasteiger charge is -2.44. The maximum Gasteiger partial charge on any atom is 0.125 e. The lowest BCUT2D eigenvalue weighted by atomic mass is 9.73. The van der Waals surface area contributed by atoms with E-state index in [1.54, 1.807) is 7.11 Å². The van der Waals surface area contributed by atoms with Gasteiger partial charge in [0.05, 0.1) is 31.0 Å². The van der Waals surface area contributed by atoms with Crippen molar-refractivity contribution in [1.29, 1.82) is 0 Å². The third kappa shape index (κ3) is 5.93. The summed E-state index contributed by atoms with van der Waals surface area (Å²) in [6.45, 7) is 0.911. The van der Waals surface area contributed by atoms with Crippen molar-refractivity contribution in [2.75, 3.05) is 20.3 Å². The van der Waals surface area contributed by atoms with E-state index < -0.39 is 12.2 Å². The van der Waals surface area contributed by atoms with Gasteiger partial charge >= 0.3 is 0 Å². The van der Waals surface area contributed by atoms with Crippen molar-refractivity contribution in [3.63, 3.8) is 0 Å². The molecule has 218 valence electrons. The molecule has 2 aliphatic carbocycles. The number of methoxy groups -OCH3 is 1. The van der Waals surface area contributed by atoms with E-state index in [1.807, 2.05) is 36.4 Å². The van der Waals surface area contributed by atoms with Gasteiger partial charge in [0.15, 0.2) is 0 Å². The standard InChI is InChI=1S/C33H44O7/c1-36-17-7-12-30-31(33(35)26-19-24(14-16-29(26)40-30)38-21-8-3-2-4-9-21)27-20-37-28-15-13-23(18-25(28)32(27)34)39-22-10-5-6-11-22/h13-16,18-19,21-22,27,30-35H,2-12,17,20H2,1H3. The average molecular weight is 553 g/mol. The molecule has 4 aliphatic rings. The molecule has 6 rings (SSSR count). The average Bonchev–Trinajstić information content (AvgIpc) is 3.48. The van der Waals surface area contributed by atoms with Crippen molar-refractivity contribution in [3.8, 4) is 23.0 Å². The van der Waals surface area contributed by atoms with Crippen molar-refractivity contribution in [2.24, 2.45) is 11.8 Å². The van der Waals surface area contributed by atoms with Crippen LogP contribution < -0.4 is 18.9 Å². The Labute approximate surface area is 237 Å². The van der Waals surface area contributed by atoms with E-state index >= 15 is 0 Å². The van der Waals surface area contributed by atoms with E-state index in [9.17, 15) is 10.2 Å². The Bertz CT molecular complexity index is 1120. The summed E-state index contributed by atoms with van der Waals surface area (Å²) in [7, 11) is 1.69. The first-order chi connectivity index (χ1) is 19.6. The van der Waals surface area contributed by atoms with Crippen LogP contribution in [0.2, 0.25) is 0 Å². The van der Waals surface area contributed by atoms with Crippen molar-refractivity contribution in [3.05, 3.63) is 47.5 Å². The molecule has 2 heterocycles. The highest BCUT2D eigenvalue weighted by Gasteiger charge is 2.47. The minimum atomic E-state index is -0.825. The van der Waals surface area contributed by atoms with Gasteiger partial charge in [0.25, 0.3) is 0 Å². The second-order valence-corrected chi connectivity index (χ2v) is 12.0. The summed E-state index contributed by atoms with van der Waals surface area (Å²) in [5, 5.41) is 23.6. The number of rotatable bonds is 9. The Balaban J connectivity index is 1.25. The fourth-order valence-electron chi connectivity index (χ4n) is 7.15. The van der Waals surface area contributed by atoms with Crippen LogP contribution in [0.3, 0.4) is 0 Å². The maximum atomic E-state index is 11.9. The predicted molar refractivity (Wildman–Crippen MR) is 151 cm³/mol. The van der Waals surface area contributed by atoms with Crippen LogP contribution >= 0.6 is 0 Å². The number of aliphatic hydroxyl groups is 2. The molecule has 0 amide bonds. The number of fused-ring (bicyclic) bond motifs is 2.